The fourth-order valence-corrected chi connectivity index (χ4v) is 3.96. The Morgan fingerprint density at radius 2 is 2.00 bits per heavy atom. The van der Waals surface area contributed by atoms with Crippen molar-refractivity contribution in [3.63, 3.8) is 0 Å². The lowest BCUT2D eigenvalue weighted by Crippen LogP contribution is -2.39. The molecule has 6 heteroatoms. The predicted octanol–water partition coefficient (Wildman–Crippen LogP) is 1.62. The van der Waals surface area contributed by atoms with E-state index in [2.05, 4.69) is 15.4 Å². The second-order valence-electron chi connectivity index (χ2n) is 6.91. The van der Waals surface area contributed by atoms with Crippen LogP contribution >= 0.6 is 0 Å². The van der Waals surface area contributed by atoms with E-state index in [0.717, 1.165) is 36.6 Å². The van der Waals surface area contributed by atoms with Crippen molar-refractivity contribution in [2.24, 2.45) is 0 Å². The minimum Gasteiger partial charge on any atom is -0.337 e. The quantitative estimate of drug-likeness (QED) is 0.869. The van der Waals surface area contributed by atoms with E-state index >= 15 is 0 Å². The van der Waals surface area contributed by atoms with Gasteiger partial charge in [-0.1, -0.05) is 0 Å². The summed E-state index contributed by atoms with van der Waals surface area (Å²) in [4.78, 5) is 19.7. The van der Waals surface area contributed by atoms with Gasteiger partial charge in [0, 0.05) is 36.6 Å². The number of amides is 1. The van der Waals surface area contributed by atoms with Crippen LogP contribution in [-0.2, 0) is 0 Å². The molecule has 4 heterocycles. The van der Waals surface area contributed by atoms with Gasteiger partial charge < -0.3 is 10.2 Å². The summed E-state index contributed by atoms with van der Waals surface area (Å²) in [5.74, 6) is 0.0735. The Bertz CT molecular complexity index is 781. The third-order valence-corrected chi connectivity index (χ3v) is 5.09. The molecule has 0 spiro atoms. The minimum atomic E-state index is 0.0735. The first-order chi connectivity index (χ1) is 11.0. The normalized spacial score (nSPS) is 24.2. The average molecular weight is 313 g/mol. The molecule has 0 aliphatic carbocycles. The van der Waals surface area contributed by atoms with Gasteiger partial charge in [-0.2, -0.15) is 5.10 Å². The number of hydrogen-bond donors (Lipinski definition) is 1. The number of carbonyl (C=O) groups is 1. The fourth-order valence-electron chi connectivity index (χ4n) is 3.96. The first kappa shape index (κ1) is 14.6. The molecule has 4 rings (SSSR count). The molecule has 0 saturated carbocycles. The van der Waals surface area contributed by atoms with Gasteiger partial charge >= 0.3 is 0 Å². The average Bonchev–Trinajstić information content (AvgIpc) is 2.98. The Balaban J connectivity index is 1.73. The molecule has 2 fully saturated rings. The third kappa shape index (κ3) is 2.41. The van der Waals surface area contributed by atoms with Crippen LogP contribution in [0.3, 0.4) is 0 Å². The Labute approximate surface area is 135 Å². The second-order valence-corrected chi connectivity index (χ2v) is 6.91. The highest BCUT2D eigenvalue weighted by molar-refractivity contribution is 6.01. The maximum atomic E-state index is 13.2. The summed E-state index contributed by atoms with van der Waals surface area (Å²) in [5, 5.41) is 8.15. The number of nitrogens with one attached hydrogen (secondary N) is 1. The van der Waals surface area contributed by atoms with Crippen molar-refractivity contribution in [1.82, 2.24) is 24.8 Å². The van der Waals surface area contributed by atoms with Crippen LogP contribution in [-0.4, -0.2) is 50.6 Å². The van der Waals surface area contributed by atoms with Crippen molar-refractivity contribution in [2.45, 2.75) is 52.1 Å². The van der Waals surface area contributed by atoms with Gasteiger partial charge in [-0.15, -0.1) is 0 Å². The molecule has 2 atom stereocenters. The van der Waals surface area contributed by atoms with E-state index in [1.807, 2.05) is 31.7 Å². The summed E-state index contributed by atoms with van der Waals surface area (Å²) in [6.07, 6.45) is 3.44. The fraction of sp³-hybridized carbons (Fsp3) is 0.588. The highest BCUT2D eigenvalue weighted by Crippen LogP contribution is 2.24. The largest absolute Gasteiger partial charge is 0.337 e. The van der Waals surface area contributed by atoms with Crippen LogP contribution in [0.25, 0.3) is 5.65 Å². The number of aromatic nitrogens is 3. The zero-order chi connectivity index (χ0) is 16.1. The monoisotopic (exact) mass is 313 g/mol. The molecule has 2 aliphatic heterocycles. The summed E-state index contributed by atoms with van der Waals surface area (Å²) >= 11 is 0. The van der Waals surface area contributed by atoms with E-state index in [0.29, 0.717) is 23.3 Å². The first-order valence-electron chi connectivity index (χ1n) is 8.42. The maximum Gasteiger partial charge on any atom is 0.259 e. The number of rotatable bonds is 1. The van der Waals surface area contributed by atoms with Gasteiger partial charge in [-0.05, 0) is 46.1 Å². The minimum absolute atomic E-state index is 0.0735. The molecule has 2 aliphatic rings. The molecule has 122 valence electrons. The SMILES string of the molecule is Cc1cc(C)n2nc(C)c(C(=O)N3CCC4CCC(C3)N4)c2n1. The van der Waals surface area contributed by atoms with E-state index in [9.17, 15) is 4.79 Å². The molecule has 2 unspecified atom stereocenters. The first-order valence-corrected chi connectivity index (χ1v) is 8.42. The molecule has 2 aromatic rings. The number of fused-ring (bicyclic) bond motifs is 3. The van der Waals surface area contributed by atoms with Gasteiger partial charge in [0.25, 0.3) is 5.91 Å². The maximum absolute atomic E-state index is 13.2. The van der Waals surface area contributed by atoms with Gasteiger partial charge in [0.1, 0.15) is 5.56 Å². The lowest BCUT2D eigenvalue weighted by atomic mass is 10.1. The molecule has 0 aromatic carbocycles. The lowest BCUT2D eigenvalue weighted by Gasteiger charge is -2.24. The van der Waals surface area contributed by atoms with E-state index in [-0.39, 0.29) is 5.91 Å². The summed E-state index contributed by atoms with van der Waals surface area (Å²) in [5.41, 5.74) is 4.03. The Kier molecular flexibility index (Phi) is 3.37. The molecule has 1 N–H and O–H groups in total. The Hall–Kier alpha value is -1.95. The second kappa shape index (κ2) is 5.30. The Morgan fingerprint density at radius 1 is 1.22 bits per heavy atom. The number of hydrogen-bond acceptors (Lipinski definition) is 4. The van der Waals surface area contributed by atoms with Crippen LogP contribution < -0.4 is 5.32 Å². The molecule has 2 saturated heterocycles. The van der Waals surface area contributed by atoms with Crippen LogP contribution in [0.1, 0.15) is 46.7 Å². The summed E-state index contributed by atoms with van der Waals surface area (Å²) in [6, 6.07) is 3.00. The number of aryl methyl sites for hydroxylation is 3. The van der Waals surface area contributed by atoms with Crippen molar-refractivity contribution in [2.75, 3.05) is 13.1 Å². The molecule has 6 nitrogen and oxygen atoms in total. The van der Waals surface area contributed by atoms with Crippen molar-refractivity contribution >= 4 is 11.6 Å². The molecule has 1 amide bonds. The molecule has 23 heavy (non-hydrogen) atoms. The van der Waals surface area contributed by atoms with Crippen LogP contribution in [0.5, 0.6) is 0 Å². The molecule has 2 aromatic heterocycles. The molecule has 0 radical (unpaired) electrons. The summed E-state index contributed by atoms with van der Waals surface area (Å²) < 4.78 is 1.79. The highest BCUT2D eigenvalue weighted by Gasteiger charge is 2.33. The van der Waals surface area contributed by atoms with Gasteiger partial charge in [-0.3, -0.25) is 4.79 Å². The van der Waals surface area contributed by atoms with Gasteiger partial charge in [-0.25, -0.2) is 9.50 Å². The molecule has 2 bridgehead atoms. The van der Waals surface area contributed by atoms with E-state index in [1.165, 1.54) is 12.8 Å². The lowest BCUT2D eigenvalue weighted by molar-refractivity contribution is 0.0749. The van der Waals surface area contributed by atoms with Crippen LogP contribution in [0, 0.1) is 20.8 Å². The van der Waals surface area contributed by atoms with Crippen molar-refractivity contribution < 1.29 is 4.79 Å². The van der Waals surface area contributed by atoms with Crippen molar-refractivity contribution in [1.29, 1.82) is 0 Å². The number of nitrogens with zero attached hydrogens (tertiary/aromatic N) is 4. The van der Waals surface area contributed by atoms with Gasteiger partial charge in [0.15, 0.2) is 5.65 Å². The smallest absolute Gasteiger partial charge is 0.259 e. The standard InChI is InChI=1S/C17H23N5O/c1-10-8-11(2)22-16(18-10)15(12(3)20-22)17(23)21-7-6-13-4-5-14(9-21)19-13/h8,13-14,19H,4-7,9H2,1-3H3. The molecular weight excluding hydrogens is 290 g/mol. The Morgan fingerprint density at radius 3 is 2.83 bits per heavy atom. The van der Waals surface area contributed by atoms with Crippen LogP contribution in [0.15, 0.2) is 6.07 Å². The van der Waals surface area contributed by atoms with E-state index in [4.69, 9.17) is 0 Å². The molecular formula is C17H23N5O. The van der Waals surface area contributed by atoms with Gasteiger partial charge in [0.05, 0.1) is 5.69 Å². The van der Waals surface area contributed by atoms with Crippen LogP contribution in [0.4, 0.5) is 0 Å². The summed E-state index contributed by atoms with van der Waals surface area (Å²) in [6.45, 7) is 7.46. The predicted molar refractivity (Wildman–Crippen MR) is 87.7 cm³/mol. The van der Waals surface area contributed by atoms with Crippen LogP contribution in [0.2, 0.25) is 0 Å². The van der Waals surface area contributed by atoms with E-state index < -0.39 is 0 Å². The zero-order valence-electron chi connectivity index (χ0n) is 14.0. The number of carbonyl (C=O) groups excluding carboxylic acids is 1. The highest BCUT2D eigenvalue weighted by atomic mass is 16.2. The number of likely N-dealkylation sites (tertiary alicyclic amines) is 1. The topological polar surface area (TPSA) is 62.5 Å². The van der Waals surface area contributed by atoms with E-state index in [1.54, 1.807) is 4.52 Å². The van der Waals surface area contributed by atoms with Crippen molar-refractivity contribution in [3.05, 3.63) is 28.7 Å². The van der Waals surface area contributed by atoms with Gasteiger partial charge in [0.2, 0.25) is 0 Å². The zero-order valence-corrected chi connectivity index (χ0v) is 14.0. The van der Waals surface area contributed by atoms with Crippen molar-refractivity contribution in [3.8, 4) is 0 Å². The third-order valence-electron chi connectivity index (χ3n) is 5.09. The summed E-state index contributed by atoms with van der Waals surface area (Å²) in [7, 11) is 0.